The van der Waals surface area contributed by atoms with Gasteiger partial charge in [0.05, 0.1) is 6.21 Å². The predicted octanol–water partition coefficient (Wildman–Crippen LogP) is 2.34. The van der Waals surface area contributed by atoms with E-state index in [0.717, 1.165) is 18.4 Å². The van der Waals surface area contributed by atoms with Crippen molar-refractivity contribution in [2.24, 2.45) is 5.16 Å². The molecule has 0 spiro atoms. The summed E-state index contributed by atoms with van der Waals surface area (Å²) in [6.07, 6.45) is 4.11. The summed E-state index contributed by atoms with van der Waals surface area (Å²) in [7, 11) is 0. The minimum Gasteiger partial charge on any atom is -0.392 e. The van der Waals surface area contributed by atoms with Gasteiger partial charge in [-0.3, -0.25) is 0 Å². The standard InChI is InChI=1S/C10H10FNO/c11-9-3-1-8(2-4-9)7-12-13-10-5-6-10/h1-4,7,10H,5-6H2. The van der Waals surface area contributed by atoms with Gasteiger partial charge >= 0.3 is 0 Å². The second-order valence-electron chi connectivity index (χ2n) is 3.09. The second-order valence-corrected chi connectivity index (χ2v) is 3.09. The molecular formula is C10H10FNO. The number of halogens is 1. The Hall–Kier alpha value is -1.38. The van der Waals surface area contributed by atoms with Gasteiger partial charge in [-0.1, -0.05) is 17.3 Å². The Morgan fingerprint density at radius 2 is 2.00 bits per heavy atom. The first kappa shape index (κ1) is 8.23. The van der Waals surface area contributed by atoms with E-state index in [1.165, 1.54) is 12.1 Å². The summed E-state index contributed by atoms with van der Waals surface area (Å²) in [5, 5.41) is 3.79. The fourth-order valence-electron chi connectivity index (χ4n) is 0.900. The van der Waals surface area contributed by atoms with Gasteiger partial charge in [-0.15, -0.1) is 0 Å². The van der Waals surface area contributed by atoms with E-state index in [0.29, 0.717) is 6.10 Å². The van der Waals surface area contributed by atoms with Crippen LogP contribution in [0.1, 0.15) is 18.4 Å². The third-order valence-corrected chi connectivity index (χ3v) is 1.81. The molecule has 13 heavy (non-hydrogen) atoms. The van der Waals surface area contributed by atoms with E-state index in [-0.39, 0.29) is 5.82 Å². The fraction of sp³-hybridized carbons (Fsp3) is 0.300. The van der Waals surface area contributed by atoms with Crippen LogP contribution in [0, 0.1) is 5.82 Å². The molecule has 0 aromatic heterocycles. The third-order valence-electron chi connectivity index (χ3n) is 1.81. The average molecular weight is 179 g/mol. The largest absolute Gasteiger partial charge is 0.392 e. The van der Waals surface area contributed by atoms with Crippen LogP contribution in [0.3, 0.4) is 0 Å². The van der Waals surface area contributed by atoms with Gasteiger partial charge in [-0.25, -0.2) is 4.39 Å². The van der Waals surface area contributed by atoms with Crippen molar-refractivity contribution in [3.8, 4) is 0 Å². The molecule has 68 valence electrons. The van der Waals surface area contributed by atoms with E-state index in [2.05, 4.69) is 5.16 Å². The van der Waals surface area contributed by atoms with Crippen molar-refractivity contribution >= 4 is 6.21 Å². The second kappa shape index (κ2) is 3.56. The minimum absolute atomic E-state index is 0.236. The van der Waals surface area contributed by atoms with Crippen LogP contribution in [0.25, 0.3) is 0 Å². The van der Waals surface area contributed by atoms with Crippen molar-refractivity contribution in [1.82, 2.24) is 0 Å². The molecule has 1 aromatic carbocycles. The van der Waals surface area contributed by atoms with Gasteiger partial charge in [-0.2, -0.15) is 0 Å². The molecule has 0 atom stereocenters. The quantitative estimate of drug-likeness (QED) is 0.515. The molecule has 0 unspecified atom stereocenters. The maximum atomic E-state index is 12.5. The molecule has 1 aromatic rings. The molecule has 0 bridgehead atoms. The van der Waals surface area contributed by atoms with Gasteiger partial charge in [-0.05, 0) is 30.5 Å². The number of rotatable bonds is 3. The third kappa shape index (κ3) is 2.54. The highest BCUT2D eigenvalue weighted by Crippen LogP contribution is 2.23. The zero-order chi connectivity index (χ0) is 9.10. The van der Waals surface area contributed by atoms with E-state index in [1.54, 1.807) is 18.3 Å². The summed E-state index contributed by atoms with van der Waals surface area (Å²) < 4.78 is 12.5. The highest BCUT2D eigenvalue weighted by Gasteiger charge is 2.23. The summed E-state index contributed by atoms with van der Waals surface area (Å²) in [6.45, 7) is 0. The summed E-state index contributed by atoms with van der Waals surface area (Å²) in [6, 6.07) is 6.13. The molecule has 0 radical (unpaired) electrons. The first-order valence-electron chi connectivity index (χ1n) is 4.29. The fourth-order valence-corrected chi connectivity index (χ4v) is 0.900. The van der Waals surface area contributed by atoms with Gasteiger partial charge < -0.3 is 4.84 Å². The summed E-state index contributed by atoms with van der Waals surface area (Å²) in [5.41, 5.74) is 0.849. The molecule has 0 saturated heterocycles. The van der Waals surface area contributed by atoms with Crippen LogP contribution in [0.5, 0.6) is 0 Å². The van der Waals surface area contributed by atoms with Crippen LogP contribution in [0.4, 0.5) is 4.39 Å². The van der Waals surface area contributed by atoms with Crippen molar-refractivity contribution in [2.75, 3.05) is 0 Å². The first-order valence-corrected chi connectivity index (χ1v) is 4.29. The Bertz CT molecular complexity index is 303. The van der Waals surface area contributed by atoms with E-state index in [4.69, 9.17) is 4.84 Å². The van der Waals surface area contributed by atoms with Gasteiger partial charge in [0, 0.05) is 0 Å². The van der Waals surface area contributed by atoms with Crippen LogP contribution in [0.2, 0.25) is 0 Å². The number of hydrogen-bond donors (Lipinski definition) is 0. The predicted molar refractivity (Wildman–Crippen MR) is 48.1 cm³/mol. The minimum atomic E-state index is -0.236. The summed E-state index contributed by atoms with van der Waals surface area (Å²) in [5.74, 6) is -0.236. The monoisotopic (exact) mass is 179 g/mol. The lowest BCUT2D eigenvalue weighted by atomic mass is 10.2. The van der Waals surface area contributed by atoms with Gasteiger partial charge in [0.15, 0.2) is 0 Å². The van der Waals surface area contributed by atoms with Crippen molar-refractivity contribution in [1.29, 1.82) is 0 Å². The Labute approximate surface area is 76.0 Å². The molecule has 1 aliphatic carbocycles. The summed E-state index contributed by atoms with van der Waals surface area (Å²) in [4.78, 5) is 5.06. The lowest BCUT2D eigenvalue weighted by molar-refractivity contribution is 0.131. The Morgan fingerprint density at radius 1 is 1.31 bits per heavy atom. The van der Waals surface area contributed by atoms with Crippen LogP contribution in [-0.2, 0) is 4.84 Å². The summed E-state index contributed by atoms with van der Waals surface area (Å²) >= 11 is 0. The molecule has 0 N–H and O–H groups in total. The molecule has 0 heterocycles. The molecule has 1 fully saturated rings. The van der Waals surface area contributed by atoms with E-state index in [9.17, 15) is 4.39 Å². The maximum absolute atomic E-state index is 12.5. The molecule has 1 saturated carbocycles. The lowest BCUT2D eigenvalue weighted by Gasteiger charge is -1.93. The van der Waals surface area contributed by atoms with Crippen LogP contribution < -0.4 is 0 Å². The molecular weight excluding hydrogens is 169 g/mol. The van der Waals surface area contributed by atoms with Gasteiger partial charge in [0.2, 0.25) is 0 Å². The zero-order valence-corrected chi connectivity index (χ0v) is 7.11. The van der Waals surface area contributed by atoms with E-state index >= 15 is 0 Å². The molecule has 1 aliphatic rings. The molecule has 2 nitrogen and oxygen atoms in total. The Balaban J connectivity index is 1.92. The van der Waals surface area contributed by atoms with Crippen molar-refractivity contribution in [3.05, 3.63) is 35.6 Å². The van der Waals surface area contributed by atoms with Crippen molar-refractivity contribution in [2.45, 2.75) is 18.9 Å². The SMILES string of the molecule is Fc1ccc(C=NOC2CC2)cc1. The van der Waals surface area contributed by atoms with Crippen LogP contribution in [-0.4, -0.2) is 12.3 Å². The molecule has 3 heteroatoms. The lowest BCUT2D eigenvalue weighted by Crippen LogP contribution is -1.86. The van der Waals surface area contributed by atoms with Crippen molar-refractivity contribution < 1.29 is 9.23 Å². The topological polar surface area (TPSA) is 21.6 Å². The Kier molecular flexibility index (Phi) is 2.25. The van der Waals surface area contributed by atoms with Crippen LogP contribution >= 0.6 is 0 Å². The van der Waals surface area contributed by atoms with E-state index < -0.39 is 0 Å². The van der Waals surface area contributed by atoms with E-state index in [1.807, 2.05) is 0 Å². The molecule has 2 rings (SSSR count). The highest BCUT2D eigenvalue weighted by atomic mass is 19.1. The zero-order valence-electron chi connectivity index (χ0n) is 7.11. The highest BCUT2D eigenvalue weighted by molar-refractivity contribution is 5.78. The molecule has 0 amide bonds. The Morgan fingerprint density at radius 3 is 2.62 bits per heavy atom. The first-order chi connectivity index (χ1) is 6.34. The maximum Gasteiger partial charge on any atom is 0.127 e. The van der Waals surface area contributed by atoms with Crippen molar-refractivity contribution in [3.63, 3.8) is 0 Å². The van der Waals surface area contributed by atoms with Gasteiger partial charge in [0.1, 0.15) is 11.9 Å². The number of hydrogen-bond acceptors (Lipinski definition) is 2. The molecule has 0 aliphatic heterocycles. The normalized spacial score (nSPS) is 16.4. The van der Waals surface area contributed by atoms with Crippen LogP contribution in [0.15, 0.2) is 29.4 Å². The number of oxime groups is 1. The van der Waals surface area contributed by atoms with Gasteiger partial charge in [0.25, 0.3) is 0 Å². The average Bonchev–Trinajstić information content (AvgIpc) is 2.92. The smallest absolute Gasteiger partial charge is 0.127 e. The number of benzene rings is 1. The number of nitrogens with zero attached hydrogens (tertiary/aromatic N) is 1.